The Kier molecular flexibility index (Phi) is 3.57. The molecule has 0 radical (unpaired) electrons. The van der Waals surface area contributed by atoms with Crippen LogP contribution in [0.2, 0.25) is 0 Å². The molecule has 0 amide bonds. The molecule has 0 saturated carbocycles. The van der Waals surface area contributed by atoms with Gasteiger partial charge in [0.25, 0.3) is 0 Å². The van der Waals surface area contributed by atoms with Crippen LogP contribution in [0.1, 0.15) is 15.9 Å². The molecule has 0 N–H and O–H groups in total. The molecule has 0 fully saturated rings. The lowest BCUT2D eigenvalue weighted by Gasteiger charge is -2.05. The average molecular weight is 265 g/mol. The first-order chi connectivity index (χ1) is 6.61. The smallest absolute Gasteiger partial charge is 0.340 e. The second-order valence-corrected chi connectivity index (χ2v) is 3.07. The third-order valence-corrected chi connectivity index (χ3v) is 2.29. The normalized spacial score (nSPS) is 10.0. The van der Waals surface area contributed by atoms with Crippen molar-refractivity contribution in [3.63, 3.8) is 0 Å². The van der Waals surface area contributed by atoms with Gasteiger partial charge in [-0.25, -0.2) is 13.6 Å². The monoisotopic (exact) mass is 264 g/mol. The molecule has 0 unspecified atom stereocenters. The van der Waals surface area contributed by atoms with Gasteiger partial charge in [-0.1, -0.05) is 15.9 Å². The van der Waals surface area contributed by atoms with Crippen molar-refractivity contribution in [3.8, 4) is 0 Å². The van der Waals surface area contributed by atoms with E-state index >= 15 is 0 Å². The lowest BCUT2D eigenvalue weighted by Crippen LogP contribution is -2.07. The Balaban J connectivity index is 3.28. The fourth-order valence-electron chi connectivity index (χ4n) is 0.988. The van der Waals surface area contributed by atoms with Crippen LogP contribution in [0.25, 0.3) is 0 Å². The number of esters is 1. The van der Waals surface area contributed by atoms with Crippen molar-refractivity contribution >= 4 is 21.9 Å². The summed E-state index contributed by atoms with van der Waals surface area (Å²) >= 11 is 2.93. The molecule has 0 spiro atoms. The van der Waals surface area contributed by atoms with Gasteiger partial charge in [0.15, 0.2) is 0 Å². The number of ether oxygens (including phenoxy) is 1. The van der Waals surface area contributed by atoms with Crippen molar-refractivity contribution in [2.75, 3.05) is 7.11 Å². The fourth-order valence-corrected chi connectivity index (χ4v) is 1.50. The van der Waals surface area contributed by atoms with Crippen LogP contribution in [0.3, 0.4) is 0 Å². The lowest BCUT2D eigenvalue weighted by atomic mass is 10.1. The van der Waals surface area contributed by atoms with Crippen LogP contribution >= 0.6 is 15.9 Å². The van der Waals surface area contributed by atoms with Crippen molar-refractivity contribution in [2.24, 2.45) is 0 Å². The SMILES string of the molecule is COC(=O)c1ccc(F)c(CBr)c1F. The van der Waals surface area contributed by atoms with E-state index in [-0.39, 0.29) is 16.5 Å². The number of hydrogen-bond donors (Lipinski definition) is 0. The number of methoxy groups -OCH3 is 1. The van der Waals surface area contributed by atoms with Crippen LogP contribution in [0.4, 0.5) is 8.78 Å². The fraction of sp³-hybridized carbons (Fsp3) is 0.222. The van der Waals surface area contributed by atoms with E-state index in [1.807, 2.05) is 0 Å². The van der Waals surface area contributed by atoms with Gasteiger partial charge in [-0.05, 0) is 12.1 Å². The maximum atomic E-state index is 13.4. The number of rotatable bonds is 2. The third kappa shape index (κ3) is 1.92. The molecule has 1 aromatic rings. The molecule has 14 heavy (non-hydrogen) atoms. The minimum atomic E-state index is -0.881. The molecule has 0 aliphatic carbocycles. The predicted molar refractivity (Wildman–Crippen MR) is 50.3 cm³/mol. The number of carbonyl (C=O) groups is 1. The van der Waals surface area contributed by atoms with Crippen LogP contribution in [-0.2, 0) is 10.1 Å². The van der Waals surface area contributed by atoms with Crippen molar-refractivity contribution in [3.05, 3.63) is 34.9 Å². The highest BCUT2D eigenvalue weighted by atomic mass is 79.9. The molecule has 0 bridgehead atoms. The quantitative estimate of drug-likeness (QED) is 0.607. The molecule has 0 saturated heterocycles. The van der Waals surface area contributed by atoms with Gasteiger partial charge in [-0.2, -0.15) is 0 Å². The Morgan fingerprint density at radius 3 is 2.64 bits per heavy atom. The van der Waals surface area contributed by atoms with E-state index in [0.29, 0.717) is 0 Å². The summed E-state index contributed by atoms with van der Waals surface area (Å²) in [5.74, 6) is -2.38. The molecule has 5 heteroatoms. The minimum absolute atomic E-state index is 0.00943. The largest absolute Gasteiger partial charge is 0.465 e. The summed E-state index contributed by atoms with van der Waals surface area (Å²) in [6, 6.07) is 2.09. The van der Waals surface area contributed by atoms with Crippen LogP contribution in [0.15, 0.2) is 12.1 Å². The maximum Gasteiger partial charge on any atom is 0.340 e. The molecule has 0 heterocycles. The molecule has 0 aromatic heterocycles. The van der Waals surface area contributed by atoms with Gasteiger partial charge in [0.1, 0.15) is 11.6 Å². The highest BCUT2D eigenvalue weighted by Gasteiger charge is 2.17. The Bertz CT molecular complexity index is 366. The summed E-state index contributed by atoms with van der Waals surface area (Å²) in [6.07, 6.45) is 0. The van der Waals surface area contributed by atoms with Crippen LogP contribution in [-0.4, -0.2) is 13.1 Å². The molecule has 2 nitrogen and oxygen atoms in total. The summed E-state index contributed by atoms with van der Waals surface area (Å²) < 4.78 is 30.7. The highest BCUT2D eigenvalue weighted by Crippen LogP contribution is 2.19. The van der Waals surface area contributed by atoms with Gasteiger partial charge < -0.3 is 4.74 Å². The second-order valence-electron chi connectivity index (χ2n) is 2.51. The molecule has 1 rings (SSSR count). The van der Waals surface area contributed by atoms with Gasteiger partial charge in [-0.3, -0.25) is 0 Å². The summed E-state index contributed by atoms with van der Waals surface area (Å²) in [6.45, 7) is 0. The zero-order chi connectivity index (χ0) is 10.7. The first kappa shape index (κ1) is 11.1. The first-order valence-electron chi connectivity index (χ1n) is 3.73. The number of alkyl halides is 1. The van der Waals surface area contributed by atoms with E-state index in [9.17, 15) is 13.6 Å². The number of halogens is 3. The zero-order valence-corrected chi connectivity index (χ0v) is 8.90. The highest BCUT2D eigenvalue weighted by molar-refractivity contribution is 9.08. The third-order valence-electron chi connectivity index (χ3n) is 1.72. The predicted octanol–water partition coefficient (Wildman–Crippen LogP) is 2.65. The average Bonchev–Trinajstić information content (AvgIpc) is 2.18. The Morgan fingerprint density at radius 1 is 1.50 bits per heavy atom. The van der Waals surface area contributed by atoms with E-state index in [1.54, 1.807) is 0 Å². The summed E-state index contributed by atoms with van der Waals surface area (Å²) in [5, 5.41) is 0.00943. The standard InChI is InChI=1S/C9H7BrF2O2/c1-14-9(13)5-2-3-7(11)6(4-10)8(5)12/h2-3H,4H2,1H3. The topological polar surface area (TPSA) is 26.3 Å². The van der Waals surface area contributed by atoms with Gasteiger partial charge in [0.05, 0.1) is 12.7 Å². The number of carbonyl (C=O) groups excluding carboxylic acids is 1. The lowest BCUT2D eigenvalue weighted by molar-refractivity contribution is 0.0595. The van der Waals surface area contributed by atoms with Crippen LogP contribution < -0.4 is 0 Å². The van der Waals surface area contributed by atoms with Gasteiger partial charge >= 0.3 is 5.97 Å². The molecule has 0 aliphatic rings. The van der Waals surface area contributed by atoms with Crippen molar-refractivity contribution in [1.29, 1.82) is 0 Å². The first-order valence-corrected chi connectivity index (χ1v) is 4.85. The van der Waals surface area contributed by atoms with Gasteiger partial charge in [-0.15, -0.1) is 0 Å². The molecule has 76 valence electrons. The van der Waals surface area contributed by atoms with E-state index in [2.05, 4.69) is 20.7 Å². The zero-order valence-electron chi connectivity index (χ0n) is 7.31. The van der Waals surface area contributed by atoms with E-state index in [0.717, 1.165) is 19.2 Å². The van der Waals surface area contributed by atoms with Crippen molar-refractivity contribution in [1.82, 2.24) is 0 Å². The Labute approximate surface area is 88.0 Å². The maximum absolute atomic E-state index is 13.4. The second kappa shape index (κ2) is 4.50. The van der Waals surface area contributed by atoms with Gasteiger partial charge in [0, 0.05) is 10.9 Å². The van der Waals surface area contributed by atoms with E-state index in [4.69, 9.17) is 0 Å². The minimum Gasteiger partial charge on any atom is -0.465 e. The van der Waals surface area contributed by atoms with E-state index in [1.165, 1.54) is 0 Å². The molecule has 0 atom stereocenters. The van der Waals surface area contributed by atoms with Crippen molar-refractivity contribution in [2.45, 2.75) is 5.33 Å². The van der Waals surface area contributed by atoms with Crippen LogP contribution in [0.5, 0.6) is 0 Å². The summed E-state index contributed by atoms with van der Waals surface area (Å²) in [5.41, 5.74) is -0.434. The summed E-state index contributed by atoms with van der Waals surface area (Å²) in [7, 11) is 1.14. The Morgan fingerprint density at radius 2 is 2.14 bits per heavy atom. The molecule has 1 aromatic carbocycles. The molecule has 0 aliphatic heterocycles. The number of hydrogen-bond acceptors (Lipinski definition) is 2. The molecular formula is C9H7BrF2O2. The van der Waals surface area contributed by atoms with Gasteiger partial charge in [0.2, 0.25) is 0 Å². The molecular weight excluding hydrogens is 258 g/mol. The number of benzene rings is 1. The van der Waals surface area contributed by atoms with E-state index < -0.39 is 17.6 Å². The van der Waals surface area contributed by atoms with Crippen molar-refractivity contribution < 1.29 is 18.3 Å². The summed E-state index contributed by atoms with van der Waals surface area (Å²) in [4.78, 5) is 11.0. The Hall–Kier alpha value is -0.970. The van der Waals surface area contributed by atoms with Crippen LogP contribution in [0, 0.1) is 11.6 Å².